The number of rotatable bonds is 3. The van der Waals surface area contributed by atoms with Crippen molar-refractivity contribution in [3.63, 3.8) is 0 Å². The molecule has 1 heterocycles. The summed E-state index contributed by atoms with van der Waals surface area (Å²) in [6.45, 7) is 0. The summed E-state index contributed by atoms with van der Waals surface area (Å²) in [6.07, 6.45) is 2.50. The van der Waals surface area contributed by atoms with Crippen LogP contribution in [0.3, 0.4) is 0 Å². The second kappa shape index (κ2) is 5.14. The maximum absolute atomic E-state index is 11.3. The lowest BCUT2D eigenvalue weighted by Gasteiger charge is -2.10. The molecule has 0 amide bonds. The lowest BCUT2D eigenvalue weighted by Crippen LogP contribution is -2.10. The summed E-state index contributed by atoms with van der Waals surface area (Å²) in [4.78, 5) is 7.71. The van der Waals surface area contributed by atoms with E-state index in [9.17, 15) is 8.42 Å². The van der Waals surface area contributed by atoms with Crippen molar-refractivity contribution in [3.8, 4) is 11.1 Å². The Kier molecular flexibility index (Phi) is 3.69. The molecule has 7 nitrogen and oxygen atoms in total. The number of anilines is 3. The zero-order valence-electron chi connectivity index (χ0n) is 10.5. The molecule has 106 valence electrons. The Balaban J connectivity index is 2.51. The Morgan fingerprint density at radius 1 is 1.30 bits per heavy atom. The van der Waals surface area contributed by atoms with Gasteiger partial charge in [-0.05, 0) is 17.7 Å². The minimum atomic E-state index is -3.43. The van der Waals surface area contributed by atoms with Gasteiger partial charge in [-0.3, -0.25) is 4.72 Å². The fourth-order valence-electron chi connectivity index (χ4n) is 1.60. The van der Waals surface area contributed by atoms with Crippen molar-refractivity contribution in [2.75, 3.05) is 22.4 Å². The fraction of sp³-hybridized carbons (Fsp3) is 0.0909. The second-order valence-electron chi connectivity index (χ2n) is 4.10. The summed E-state index contributed by atoms with van der Waals surface area (Å²) in [5, 5.41) is 0.272. The molecule has 9 heteroatoms. The zero-order chi connectivity index (χ0) is 14.9. The van der Waals surface area contributed by atoms with Crippen molar-refractivity contribution in [3.05, 3.63) is 29.4 Å². The molecule has 0 saturated carbocycles. The van der Waals surface area contributed by atoms with Crippen LogP contribution in [-0.2, 0) is 10.0 Å². The third-order valence-corrected chi connectivity index (χ3v) is 3.33. The van der Waals surface area contributed by atoms with E-state index in [4.69, 9.17) is 23.1 Å². The van der Waals surface area contributed by atoms with Gasteiger partial charge in [0.15, 0.2) is 0 Å². The summed E-state index contributed by atoms with van der Waals surface area (Å²) in [6, 6.07) is 4.79. The van der Waals surface area contributed by atoms with Crippen molar-refractivity contribution in [1.82, 2.24) is 9.97 Å². The van der Waals surface area contributed by atoms with E-state index in [1.165, 1.54) is 6.20 Å². The number of benzene rings is 1. The Morgan fingerprint density at radius 2 is 2.00 bits per heavy atom. The number of aromatic nitrogens is 2. The van der Waals surface area contributed by atoms with Crippen LogP contribution in [0.5, 0.6) is 0 Å². The van der Waals surface area contributed by atoms with Crippen LogP contribution in [0.4, 0.5) is 17.5 Å². The van der Waals surface area contributed by atoms with Crippen LogP contribution in [0.15, 0.2) is 24.4 Å². The smallest absolute Gasteiger partial charge is 0.229 e. The molecular formula is C11H12ClN5O2S. The highest BCUT2D eigenvalue weighted by Gasteiger charge is 2.11. The molecule has 0 aliphatic rings. The normalized spacial score (nSPS) is 11.3. The number of sulfonamides is 1. The van der Waals surface area contributed by atoms with Gasteiger partial charge in [0, 0.05) is 11.8 Å². The maximum atomic E-state index is 11.3. The van der Waals surface area contributed by atoms with Crippen LogP contribution in [-0.4, -0.2) is 24.6 Å². The summed E-state index contributed by atoms with van der Waals surface area (Å²) >= 11 is 5.95. The quantitative estimate of drug-likeness (QED) is 0.785. The SMILES string of the molecule is CS(=O)(=O)Nc1cc(-c2cnc(N)nc2N)ccc1Cl. The van der Waals surface area contributed by atoms with Crippen LogP contribution in [0, 0.1) is 0 Å². The van der Waals surface area contributed by atoms with Gasteiger partial charge in [-0.2, -0.15) is 4.98 Å². The van der Waals surface area contributed by atoms with Crippen LogP contribution < -0.4 is 16.2 Å². The summed E-state index contributed by atoms with van der Waals surface area (Å²) < 4.78 is 24.9. The molecule has 0 bridgehead atoms. The molecule has 0 aliphatic carbocycles. The number of hydrogen-bond donors (Lipinski definition) is 3. The Morgan fingerprint density at radius 3 is 2.60 bits per heavy atom. The molecule has 0 atom stereocenters. The Hall–Kier alpha value is -2.06. The Bertz CT molecular complexity index is 763. The van der Waals surface area contributed by atoms with Gasteiger partial charge in [0.25, 0.3) is 0 Å². The maximum Gasteiger partial charge on any atom is 0.229 e. The fourth-order valence-corrected chi connectivity index (χ4v) is 2.39. The van der Waals surface area contributed by atoms with Gasteiger partial charge in [-0.25, -0.2) is 13.4 Å². The van der Waals surface area contributed by atoms with Gasteiger partial charge in [-0.1, -0.05) is 17.7 Å². The highest BCUT2D eigenvalue weighted by Crippen LogP contribution is 2.31. The number of nitrogens with one attached hydrogen (secondary N) is 1. The topological polar surface area (TPSA) is 124 Å². The molecule has 5 N–H and O–H groups in total. The molecule has 0 radical (unpaired) electrons. The average molecular weight is 314 g/mol. The summed E-state index contributed by atoms with van der Waals surface area (Å²) in [5.74, 6) is 0.264. The van der Waals surface area contributed by atoms with Gasteiger partial charge < -0.3 is 11.5 Å². The van der Waals surface area contributed by atoms with E-state index in [1.54, 1.807) is 18.2 Å². The van der Waals surface area contributed by atoms with E-state index in [0.717, 1.165) is 6.26 Å². The molecule has 2 aromatic rings. The van der Waals surface area contributed by atoms with Crippen molar-refractivity contribution < 1.29 is 8.42 Å². The standard InChI is InChI=1S/C11H12ClN5O2S/c1-20(18,19)17-9-4-6(2-3-8(9)12)7-5-15-11(14)16-10(7)13/h2-5,17H,1H3,(H4,13,14,15,16). The lowest BCUT2D eigenvalue weighted by molar-refractivity contribution is 0.607. The van der Waals surface area contributed by atoms with E-state index >= 15 is 0 Å². The van der Waals surface area contributed by atoms with Crippen LogP contribution >= 0.6 is 11.6 Å². The molecule has 0 spiro atoms. The van der Waals surface area contributed by atoms with Gasteiger partial charge in [0.1, 0.15) is 5.82 Å². The molecule has 1 aromatic heterocycles. The highest BCUT2D eigenvalue weighted by atomic mass is 35.5. The van der Waals surface area contributed by atoms with E-state index in [2.05, 4.69) is 14.7 Å². The monoisotopic (exact) mass is 313 g/mol. The van der Waals surface area contributed by atoms with E-state index in [1.807, 2.05) is 0 Å². The zero-order valence-corrected chi connectivity index (χ0v) is 12.0. The van der Waals surface area contributed by atoms with E-state index in [0.29, 0.717) is 11.1 Å². The van der Waals surface area contributed by atoms with Crippen molar-refractivity contribution in [2.45, 2.75) is 0 Å². The Labute approximate surface area is 121 Å². The molecule has 0 fully saturated rings. The average Bonchev–Trinajstić information content (AvgIpc) is 2.30. The first kappa shape index (κ1) is 14.4. The first-order valence-corrected chi connectivity index (χ1v) is 7.69. The predicted molar refractivity (Wildman–Crippen MR) is 79.8 cm³/mol. The van der Waals surface area contributed by atoms with Crippen molar-refractivity contribution >= 4 is 39.1 Å². The largest absolute Gasteiger partial charge is 0.383 e. The van der Waals surface area contributed by atoms with Crippen LogP contribution in [0.2, 0.25) is 5.02 Å². The number of nitrogens with two attached hydrogens (primary N) is 2. The number of nitrogens with zero attached hydrogens (tertiary/aromatic N) is 2. The molecule has 1 aromatic carbocycles. The molecule has 0 aliphatic heterocycles. The third kappa shape index (κ3) is 3.28. The van der Waals surface area contributed by atoms with Crippen molar-refractivity contribution in [2.24, 2.45) is 0 Å². The molecule has 20 heavy (non-hydrogen) atoms. The van der Waals surface area contributed by atoms with E-state index < -0.39 is 10.0 Å². The minimum Gasteiger partial charge on any atom is -0.383 e. The first-order chi connectivity index (χ1) is 9.26. The van der Waals surface area contributed by atoms with Crippen molar-refractivity contribution in [1.29, 1.82) is 0 Å². The minimum absolute atomic E-state index is 0.0645. The van der Waals surface area contributed by atoms with Crippen LogP contribution in [0.25, 0.3) is 11.1 Å². The lowest BCUT2D eigenvalue weighted by atomic mass is 10.1. The number of nitrogen functional groups attached to an aromatic ring is 2. The number of hydrogen-bond acceptors (Lipinski definition) is 6. The highest BCUT2D eigenvalue weighted by molar-refractivity contribution is 7.92. The molecule has 0 unspecified atom stereocenters. The van der Waals surface area contributed by atoms with Gasteiger partial charge in [-0.15, -0.1) is 0 Å². The van der Waals surface area contributed by atoms with Gasteiger partial charge >= 0.3 is 0 Å². The first-order valence-electron chi connectivity index (χ1n) is 5.42. The predicted octanol–water partition coefficient (Wildman–Crippen LogP) is 1.33. The molecular weight excluding hydrogens is 302 g/mol. The van der Waals surface area contributed by atoms with Gasteiger partial charge in [0.2, 0.25) is 16.0 Å². The van der Waals surface area contributed by atoms with Gasteiger partial charge in [0.05, 0.1) is 17.0 Å². The summed E-state index contributed by atoms with van der Waals surface area (Å²) in [7, 11) is -3.43. The summed E-state index contributed by atoms with van der Waals surface area (Å²) in [5.41, 5.74) is 12.6. The van der Waals surface area contributed by atoms with E-state index in [-0.39, 0.29) is 22.5 Å². The third-order valence-electron chi connectivity index (χ3n) is 2.41. The molecule has 2 rings (SSSR count). The van der Waals surface area contributed by atoms with Crippen LogP contribution in [0.1, 0.15) is 0 Å². The number of halogens is 1. The second-order valence-corrected chi connectivity index (χ2v) is 6.25. The molecule has 0 saturated heterocycles.